The van der Waals surface area contributed by atoms with Crippen molar-refractivity contribution < 1.29 is 27.9 Å². The van der Waals surface area contributed by atoms with Crippen LogP contribution in [0.4, 0.5) is 18.0 Å². The summed E-state index contributed by atoms with van der Waals surface area (Å²) in [7, 11) is 0. The number of amides is 2. The molecule has 0 aromatic rings. The van der Waals surface area contributed by atoms with Gasteiger partial charge in [-0.2, -0.15) is 13.2 Å². The number of halogens is 3. The summed E-state index contributed by atoms with van der Waals surface area (Å²) in [6.45, 7) is -0.480. The van der Waals surface area contributed by atoms with E-state index in [0.29, 0.717) is 12.5 Å². The van der Waals surface area contributed by atoms with Gasteiger partial charge >= 0.3 is 18.2 Å². The molecule has 2 atom stereocenters. The fourth-order valence-electron chi connectivity index (χ4n) is 4.30. The Morgan fingerprint density at radius 1 is 1.17 bits per heavy atom. The molecule has 0 spiro atoms. The van der Waals surface area contributed by atoms with Gasteiger partial charge in [0.1, 0.15) is 0 Å². The summed E-state index contributed by atoms with van der Waals surface area (Å²) in [5.41, 5.74) is 0.114. The molecular weight excluding hydrogens is 325 g/mol. The number of hydrogen-bond acceptors (Lipinski definition) is 2. The number of likely N-dealkylation sites (tertiary alicyclic amines) is 1. The molecule has 2 N–H and O–H groups in total. The lowest BCUT2D eigenvalue weighted by Crippen LogP contribution is -2.51. The fourth-order valence-corrected chi connectivity index (χ4v) is 4.30. The number of carboxylic acid groups (broad SMARTS) is 1. The lowest BCUT2D eigenvalue weighted by Gasteiger charge is -2.52. The highest BCUT2D eigenvalue weighted by Gasteiger charge is 2.54. The van der Waals surface area contributed by atoms with Crippen LogP contribution in [-0.4, -0.2) is 47.8 Å². The van der Waals surface area contributed by atoms with Crippen molar-refractivity contribution in [3.63, 3.8) is 0 Å². The maximum absolute atomic E-state index is 13.0. The zero-order valence-corrected chi connectivity index (χ0v) is 13.4. The van der Waals surface area contributed by atoms with Gasteiger partial charge in [0.2, 0.25) is 0 Å². The molecule has 136 valence electrons. The van der Waals surface area contributed by atoms with E-state index < -0.39 is 36.6 Å². The highest BCUT2D eigenvalue weighted by atomic mass is 19.4. The van der Waals surface area contributed by atoms with Gasteiger partial charge in [-0.25, -0.2) is 4.79 Å². The molecule has 0 radical (unpaired) electrons. The van der Waals surface area contributed by atoms with E-state index in [1.807, 2.05) is 0 Å². The summed E-state index contributed by atoms with van der Waals surface area (Å²) in [6, 6.07) is -0.571. The molecule has 2 aliphatic carbocycles. The van der Waals surface area contributed by atoms with Crippen LogP contribution in [0.15, 0.2) is 0 Å². The van der Waals surface area contributed by atoms with Crippen LogP contribution >= 0.6 is 0 Å². The zero-order valence-electron chi connectivity index (χ0n) is 13.4. The summed E-state index contributed by atoms with van der Waals surface area (Å²) in [6.07, 6.45) is 2.17. The third-order valence-electron chi connectivity index (χ3n) is 6.26. The third kappa shape index (κ3) is 3.07. The van der Waals surface area contributed by atoms with Gasteiger partial charge in [0.05, 0.1) is 11.8 Å². The van der Waals surface area contributed by atoms with Crippen molar-refractivity contribution in [2.45, 2.75) is 44.7 Å². The second-order valence-corrected chi connectivity index (χ2v) is 7.50. The van der Waals surface area contributed by atoms with E-state index in [-0.39, 0.29) is 12.0 Å². The smallest absolute Gasteiger partial charge is 0.394 e. The van der Waals surface area contributed by atoms with Crippen molar-refractivity contribution in [1.82, 2.24) is 10.2 Å². The van der Waals surface area contributed by atoms with Crippen LogP contribution in [0.1, 0.15) is 38.5 Å². The van der Waals surface area contributed by atoms with Gasteiger partial charge in [0.15, 0.2) is 0 Å². The van der Waals surface area contributed by atoms with Gasteiger partial charge in [0, 0.05) is 19.6 Å². The van der Waals surface area contributed by atoms with E-state index in [1.54, 1.807) is 0 Å². The Kier molecular flexibility index (Phi) is 4.42. The number of carboxylic acids is 1. The van der Waals surface area contributed by atoms with E-state index in [0.717, 1.165) is 37.0 Å². The van der Waals surface area contributed by atoms with Crippen LogP contribution < -0.4 is 5.32 Å². The number of aliphatic carboxylic acids is 1. The summed E-state index contributed by atoms with van der Waals surface area (Å²) in [5.74, 6) is -4.47. The number of nitrogens with zero attached hydrogens (tertiary/aromatic N) is 1. The van der Waals surface area contributed by atoms with E-state index in [2.05, 4.69) is 5.32 Å². The lowest BCUT2D eigenvalue weighted by molar-refractivity contribution is -0.187. The molecule has 1 saturated heterocycles. The minimum absolute atomic E-state index is 0.114. The maximum atomic E-state index is 13.0. The molecular formula is C16H23F3N2O3. The second kappa shape index (κ2) is 6.11. The molecule has 24 heavy (non-hydrogen) atoms. The van der Waals surface area contributed by atoms with Crippen LogP contribution in [0, 0.1) is 23.2 Å². The van der Waals surface area contributed by atoms with E-state index in [4.69, 9.17) is 5.11 Å². The number of rotatable bonds is 4. The van der Waals surface area contributed by atoms with Crippen molar-refractivity contribution >= 4 is 12.0 Å². The third-order valence-corrected chi connectivity index (χ3v) is 6.26. The Bertz CT molecular complexity index is 515. The molecule has 1 heterocycles. The molecule has 5 nitrogen and oxygen atoms in total. The lowest BCUT2D eigenvalue weighted by atomic mass is 9.55. The zero-order chi connectivity index (χ0) is 17.5. The van der Waals surface area contributed by atoms with Crippen LogP contribution in [0.5, 0.6) is 0 Å². The van der Waals surface area contributed by atoms with Gasteiger partial charge in [-0.15, -0.1) is 0 Å². The largest absolute Gasteiger partial charge is 0.481 e. The molecule has 2 amide bonds. The summed E-state index contributed by atoms with van der Waals surface area (Å²) >= 11 is 0. The summed E-state index contributed by atoms with van der Waals surface area (Å²) in [5, 5.41) is 11.8. The number of carbonyl (C=O) groups excluding carboxylic acids is 1. The number of alkyl halides is 3. The highest BCUT2D eigenvalue weighted by molar-refractivity contribution is 5.77. The van der Waals surface area contributed by atoms with Gasteiger partial charge in [-0.05, 0) is 37.0 Å². The van der Waals surface area contributed by atoms with Crippen molar-refractivity contribution in [3.05, 3.63) is 0 Å². The van der Waals surface area contributed by atoms with Crippen LogP contribution in [0.25, 0.3) is 0 Å². The SMILES string of the molecule is O=C(O)[C@@H]1CN(C(=O)NCC2(C3CCC3)CCC2)C[C@H]1C(F)(F)F. The fraction of sp³-hybridized carbons (Fsp3) is 0.875. The van der Waals surface area contributed by atoms with Crippen molar-refractivity contribution in [1.29, 1.82) is 0 Å². The first-order valence-corrected chi connectivity index (χ1v) is 8.55. The van der Waals surface area contributed by atoms with E-state index >= 15 is 0 Å². The first kappa shape index (κ1) is 17.4. The Hall–Kier alpha value is -1.47. The van der Waals surface area contributed by atoms with Gasteiger partial charge in [-0.3, -0.25) is 4.79 Å². The molecule has 0 bridgehead atoms. The molecule has 0 aromatic heterocycles. The number of nitrogens with one attached hydrogen (secondary N) is 1. The molecule has 3 rings (SSSR count). The quantitative estimate of drug-likeness (QED) is 0.821. The van der Waals surface area contributed by atoms with Crippen molar-refractivity contribution in [2.75, 3.05) is 19.6 Å². The monoisotopic (exact) mass is 348 g/mol. The minimum Gasteiger partial charge on any atom is -0.481 e. The second-order valence-electron chi connectivity index (χ2n) is 7.50. The Balaban J connectivity index is 1.58. The molecule has 8 heteroatoms. The number of urea groups is 1. The summed E-state index contributed by atoms with van der Waals surface area (Å²) < 4.78 is 39.0. The molecule has 2 saturated carbocycles. The normalized spacial score (nSPS) is 29.7. The topological polar surface area (TPSA) is 69.6 Å². The minimum atomic E-state index is -4.61. The first-order chi connectivity index (χ1) is 11.2. The van der Waals surface area contributed by atoms with Gasteiger partial charge < -0.3 is 15.3 Å². The standard InChI is InChI=1S/C16H23F3N2O3/c17-16(18,19)12-8-21(7-11(12)13(22)23)14(24)20-9-15(5-2-6-15)10-3-1-4-10/h10-12H,1-9H2,(H,20,24)(H,22,23)/t11-,12-/m1/s1. The molecule has 0 aromatic carbocycles. The Morgan fingerprint density at radius 3 is 2.21 bits per heavy atom. The van der Waals surface area contributed by atoms with E-state index in [9.17, 15) is 22.8 Å². The van der Waals surface area contributed by atoms with Gasteiger partial charge in [0.25, 0.3) is 0 Å². The van der Waals surface area contributed by atoms with Crippen molar-refractivity contribution in [2.24, 2.45) is 23.2 Å². The Labute approximate surface area is 138 Å². The average molecular weight is 348 g/mol. The van der Waals surface area contributed by atoms with Gasteiger partial charge in [-0.1, -0.05) is 12.8 Å². The number of hydrogen-bond donors (Lipinski definition) is 2. The van der Waals surface area contributed by atoms with Crippen LogP contribution in [0.2, 0.25) is 0 Å². The molecule has 1 aliphatic heterocycles. The number of carbonyl (C=O) groups is 2. The highest BCUT2D eigenvalue weighted by Crippen LogP contribution is 2.54. The van der Waals surface area contributed by atoms with Crippen molar-refractivity contribution in [3.8, 4) is 0 Å². The van der Waals surface area contributed by atoms with Crippen LogP contribution in [0.3, 0.4) is 0 Å². The Morgan fingerprint density at radius 2 is 1.83 bits per heavy atom. The summed E-state index contributed by atoms with van der Waals surface area (Å²) in [4.78, 5) is 24.3. The van der Waals surface area contributed by atoms with Crippen LogP contribution in [-0.2, 0) is 4.79 Å². The predicted octanol–water partition coefficient (Wildman–Crippen LogP) is 2.86. The first-order valence-electron chi connectivity index (χ1n) is 8.55. The maximum Gasteiger partial charge on any atom is 0.394 e. The predicted molar refractivity (Wildman–Crippen MR) is 79.3 cm³/mol. The molecule has 0 unspecified atom stereocenters. The molecule has 3 aliphatic rings. The van der Waals surface area contributed by atoms with E-state index in [1.165, 1.54) is 6.42 Å². The average Bonchev–Trinajstić information content (AvgIpc) is 2.84. The molecule has 3 fully saturated rings.